The van der Waals surface area contributed by atoms with E-state index >= 15 is 0 Å². The molecule has 5 heteroatoms. The molecule has 0 amide bonds. The molecule has 0 saturated carbocycles. The van der Waals surface area contributed by atoms with Crippen LogP contribution in [-0.2, 0) is 11.3 Å². The van der Waals surface area contributed by atoms with Crippen LogP contribution in [-0.4, -0.2) is 12.1 Å². The fourth-order valence-corrected chi connectivity index (χ4v) is 1.58. The highest BCUT2D eigenvalue weighted by molar-refractivity contribution is 5.51. The molecule has 0 radical (unpaired) electrons. The average Bonchev–Trinajstić information content (AvgIpc) is 2.42. The highest BCUT2D eigenvalue weighted by atomic mass is 16.5. The third kappa shape index (κ3) is 3.21. The largest absolute Gasteiger partial charge is 0.439 e. The molecule has 0 saturated heterocycles. The van der Waals surface area contributed by atoms with Crippen molar-refractivity contribution in [1.29, 1.82) is 5.26 Å². The second-order valence-electron chi connectivity index (χ2n) is 3.88. The number of nitrogens with two attached hydrogens (primary N) is 1. The predicted octanol–water partition coefficient (Wildman–Crippen LogP) is 2.47. The topological polar surface area (TPSA) is 81.2 Å². The minimum Gasteiger partial charge on any atom is -0.439 e. The van der Waals surface area contributed by atoms with Crippen LogP contribution in [0, 0.1) is 11.3 Å². The van der Waals surface area contributed by atoms with Crippen molar-refractivity contribution in [2.24, 2.45) is 0 Å². The molecule has 96 valence electrons. The molecule has 0 unspecified atom stereocenters. The van der Waals surface area contributed by atoms with E-state index in [1.165, 1.54) is 0 Å². The van der Waals surface area contributed by atoms with E-state index in [9.17, 15) is 0 Å². The van der Waals surface area contributed by atoms with E-state index < -0.39 is 0 Å². The Labute approximate surface area is 111 Å². The Morgan fingerprint density at radius 3 is 2.89 bits per heavy atom. The van der Waals surface area contributed by atoms with Crippen LogP contribution in [0.2, 0.25) is 0 Å². The Bertz CT molecular complexity index is 620. The van der Waals surface area contributed by atoms with E-state index in [0.717, 1.165) is 5.56 Å². The number of rotatable bonds is 4. The lowest BCUT2D eigenvalue weighted by Crippen LogP contribution is -1.96. The number of nitrogens with zero attached hydrogens (tertiary/aromatic N) is 2. The number of nitrogen functional groups attached to an aromatic ring is 1. The standard InChI is InChI=1S/C14H13N3O2/c1-18-9-10-3-2-4-11(7-10)19-14-6-5-12(16)13(8-15)17-14/h2-7H,9,16H2,1H3. The van der Waals surface area contributed by atoms with Crippen LogP contribution in [0.5, 0.6) is 11.6 Å². The first-order valence-electron chi connectivity index (χ1n) is 5.65. The zero-order valence-corrected chi connectivity index (χ0v) is 10.5. The molecular weight excluding hydrogens is 242 g/mol. The van der Waals surface area contributed by atoms with Crippen molar-refractivity contribution >= 4 is 5.69 Å². The van der Waals surface area contributed by atoms with Gasteiger partial charge < -0.3 is 15.2 Å². The summed E-state index contributed by atoms with van der Waals surface area (Å²) in [6.07, 6.45) is 0. The third-order valence-electron chi connectivity index (χ3n) is 2.44. The van der Waals surface area contributed by atoms with Gasteiger partial charge in [-0.25, -0.2) is 4.98 Å². The second kappa shape index (κ2) is 5.85. The predicted molar refractivity (Wildman–Crippen MR) is 70.6 cm³/mol. The van der Waals surface area contributed by atoms with Gasteiger partial charge in [-0.1, -0.05) is 12.1 Å². The van der Waals surface area contributed by atoms with E-state index in [0.29, 0.717) is 23.9 Å². The Balaban J connectivity index is 2.21. The van der Waals surface area contributed by atoms with Crippen molar-refractivity contribution in [1.82, 2.24) is 4.98 Å². The molecule has 2 aromatic rings. The molecule has 1 aromatic carbocycles. The number of benzene rings is 1. The number of hydrogen-bond donors (Lipinski definition) is 1. The van der Waals surface area contributed by atoms with E-state index in [4.69, 9.17) is 20.5 Å². The van der Waals surface area contributed by atoms with E-state index in [1.807, 2.05) is 30.3 Å². The number of ether oxygens (including phenoxy) is 2. The first-order chi connectivity index (χ1) is 9.22. The summed E-state index contributed by atoms with van der Waals surface area (Å²) < 4.78 is 10.6. The van der Waals surface area contributed by atoms with Crippen molar-refractivity contribution in [3.05, 3.63) is 47.7 Å². The molecule has 0 fully saturated rings. The Kier molecular flexibility index (Phi) is 3.96. The fourth-order valence-electron chi connectivity index (χ4n) is 1.58. The molecule has 0 aliphatic heterocycles. The molecule has 5 nitrogen and oxygen atoms in total. The van der Waals surface area contributed by atoms with Gasteiger partial charge in [-0.15, -0.1) is 0 Å². The number of methoxy groups -OCH3 is 1. The molecular formula is C14H13N3O2. The van der Waals surface area contributed by atoms with Crippen LogP contribution >= 0.6 is 0 Å². The summed E-state index contributed by atoms with van der Waals surface area (Å²) in [5.74, 6) is 0.969. The lowest BCUT2D eigenvalue weighted by Gasteiger charge is -2.07. The molecule has 19 heavy (non-hydrogen) atoms. The van der Waals surface area contributed by atoms with E-state index in [1.54, 1.807) is 19.2 Å². The highest BCUT2D eigenvalue weighted by Crippen LogP contribution is 2.22. The minimum absolute atomic E-state index is 0.158. The third-order valence-corrected chi connectivity index (χ3v) is 2.44. The lowest BCUT2D eigenvalue weighted by molar-refractivity contribution is 0.184. The summed E-state index contributed by atoms with van der Waals surface area (Å²) in [7, 11) is 1.63. The zero-order valence-electron chi connectivity index (χ0n) is 10.5. The number of nitriles is 1. The molecule has 0 bridgehead atoms. The van der Waals surface area contributed by atoms with E-state index in [-0.39, 0.29) is 5.69 Å². The number of anilines is 1. The molecule has 2 rings (SSSR count). The zero-order chi connectivity index (χ0) is 13.7. The summed E-state index contributed by atoms with van der Waals surface area (Å²) >= 11 is 0. The van der Waals surface area contributed by atoms with Gasteiger partial charge in [-0.3, -0.25) is 0 Å². The molecule has 1 heterocycles. The van der Waals surface area contributed by atoms with Gasteiger partial charge in [0.1, 0.15) is 11.8 Å². The average molecular weight is 255 g/mol. The molecule has 0 aliphatic carbocycles. The van der Waals surface area contributed by atoms with Gasteiger partial charge in [-0.05, 0) is 23.8 Å². The summed E-state index contributed by atoms with van der Waals surface area (Å²) in [5, 5.41) is 8.86. The van der Waals surface area contributed by atoms with Crippen LogP contribution < -0.4 is 10.5 Å². The van der Waals surface area contributed by atoms with E-state index in [2.05, 4.69) is 4.98 Å². The van der Waals surface area contributed by atoms with Gasteiger partial charge in [0.05, 0.1) is 12.3 Å². The van der Waals surface area contributed by atoms with Crippen LogP contribution in [0.1, 0.15) is 11.3 Å². The first-order valence-corrected chi connectivity index (χ1v) is 5.65. The van der Waals surface area contributed by atoms with Gasteiger partial charge in [0.15, 0.2) is 5.69 Å². The molecule has 0 spiro atoms. The smallest absolute Gasteiger partial charge is 0.220 e. The van der Waals surface area contributed by atoms with Gasteiger partial charge >= 0.3 is 0 Å². The first kappa shape index (κ1) is 12.9. The van der Waals surface area contributed by atoms with Crippen molar-refractivity contribution in [2.45, 2.75) is 6.61 Å². The van der Waals surface area contributed by atoms with Crippen molar-refractivity contribution < 1.29 is 9.47 Å². The maximum atomic E-state index is 8.86. The number of hydrogen-bond acceptors (Lipinski definition) is 5. The van der Waals surface area contributed by atoms with Crippen LogP contribution in [0.25, 0.3) is 0 Å². The molecule has 2 N–H and O–H groups in total. The summed E-state index contributed by atoms with van der Waals surface area (Å²) in [6, 6.07) is 12.6. The molecule has 0 atom stereocenters. The van der Waals surface area contributed by atoms with Crippen molar-refractivity contribution in [3.8, 4) is 17.7 Å². The quantitative estimate of drug-likeness (QED) is 0.907. The Morgan fingerprint density at radius 1 is 1.32 bits per heavy atom. The monoisotopic (exact) mass is 255 g/mol. The van der Waals surface area contributed by atoms with Crippen molar-refractivity contribution in [3.63, 3.8) is 0 Å². The Morgan fingerprint density at radius 2 is 2.16 bits per heavy atom. The molecule has 1 aromatic heterocycles. The minimum atomic E-state index is 0.158. The SMILES string of the molecule is COCc1cccc(Oc2ccc(N)c(C#N)n2)c1. The summed E-state index contributed by atoms with van der Waals surface area (Å²) in [4.78, 5) is 4.02. The maximum absolute atomic E-state index is 8.86. The Hall–Kier alpha value is -2.58. The highest BCUT2D eigenvalue weighted by Gasteiger charge is 2.04. The number of aromatic nitrogens is 1. The lowest BCUT2D eigenvalue weighted by atomic mass is 10.2. The van der Waals surface area contributed by atoms with Crippen LogP contribution in [0.4, 0.5) is 5.69 Å². The van der Waals surface area contributed by atoms with Gasteiger partial charge in [-0.2, -0.15) is 5.26 Å². The molecule has 0 aliphatic rings. The van der Waals surface area contributed by atoms with Crippen LogP contribution in [0.3, 0.4) is 0 Å². The van der Waals surface area contributed by atoms with Gasteiger partial charge in [0.25, 0.3) is 0 Å². The van der Waals surface area contributed by atoms with Crippen molar-refractivity contribution in [2.75, 3.05) is 12.8 Å². The van der Waals surface area contributed by atoms with Crippen LogP contribution in [0.15, 0.2) is 36.4 Å². The van der Waals surface area contributed by atoms with Gasteiger partial charge in [0, 0.05) is 13.2 Å². The van der Waals surface area contributed by atoms with Gasteiger partial charge in [0.2, 0.25) is 5.88 Å². The summed E-state index contributed by atoms with van der Waals surface area (Å²) in [5.41, 5.74) is 7.09. The maximum Gasteiger partial charge on any atom is 0.220 e. The second-order valence-corrected chi connectivity index (χ2v) is 3.88. The summed E-state index contributed by atoms with van der Waals surface area (Å²) in [6.45, 7) is 0.510. The fraction of sp³-hybridized carbons (Fsp3) is 0.143. The number of pyridine rings is 1. The normalized spacial score (nSPS) is 9.89.